The second-order valence-electron chi connectivity index (χ2n) is 7.28. The lowest BCUT2D eigenvalue weighted by molar-refractivity contribution is 0.164. The predicted molar refractivity (Wildman–Crippen MR) is 87.1 cm³/mol. The van der Waals surface area contributed by atoms with Crippen LogP contribution in [0.2, 0.25) is 0 Å². The van der Waals surface area contributed by atoms with Crippen molar-refractivity contribution in [3.05, 3.63) is 6.42 Å². The largest absolute Gasteiger partial charge is 0.0654 e. The zero-order valence-corrected chi connectivity index (χ0v) is 14.0. The van der Waals surface area contributed by atoms with Gasteiger partial charge in [0.1, 0.15) is 0 Å². The van der Waals surface area contributed by atoms with Gasteiger partial charge in [-0.3, -0.25) is 0 Å². The van der Waals surface area contributed by atoms with Gasteiger partial charge in [0.15, 0.2) is 0 Å². The SMILES string of the molecule is CCCCCCCC[CH]C1CC(C)CCC1C(C)C. The minimum absolute atomic E-state index is 0.873. The van der Waals surface area contributed by atoms with Crippen LogP contribution in [-0.2, 0) is 0 Å². The minimum Gasteiger partial charge on any atom is -0.0654 e. The fourth-order valence-corrected chi connectivity index (χ4v) is 3.80. The molecule has 0 N–H and O–H groups in total. The molecule has 0 aromatic rings. The van der Waals surface area contributed by atoms with Gasteiger partial charge in [0.2, 0.25) is 0 Å². The van der Waals surface area contributed by atoms with Gasteiger partial charge >= 0.3 is 0 Å². The van der Waals surface area contributed by atoms with E-state index in [0.717, 1.165) is 23.7 Å². The molecule has 0 amide bonds. The molecule has 1 aliphatic carbocycles. The Kier molecular flexibility index (Phi) is 8.83. The smallest absolute Gasteiger partial charge is 0.0350 e. The average molecular weight is 266 g/mol. The van der Waals surface area contributed by atoms with E-state index in [4.69, 9.17) is 0 Å². The van der Waals surface area contributed by atoms with Crippen molar-refractivity contribution in [3.63, 3.8) is 0 Å². The van der Waals surface area contributed by atoms with Crippen molar-refractivity contribution in [1.29, 1.82) is 0 Å². The van der Waals surface area contributed by atoms with Crippen LogP contribution in [0.25, 0.3) is 0 Å². The lowest BCUT2D eigenvalue weighted by Crippen LogP contribution is -2.27. The number of hydrogen-bond donors (Lipinski definition) is 0. The minimum atomic E-state index is 0.873. The molecule has 0 nitrogen and oxygen atoms in total. The van der Waals surface area contributed by atoms with Crippen LogP contribution < -0.4 is 0 Å². The van der Waals surface area contributed by atoms with Crippen molar-refractivity contribution in [2.24, 2.45) is 23.7 Å². The third kappa shape index (κ3) is 6.82. The molecule has 1 rings (SSSR count). The Labute approximate surface area is 122 Å². The zero-order valence-electron chi connectivity index (χ0n) is 14.0. The van der Waals surface area contributed by atoms with Crippen LogP contribution in [0.3, 0.4) is 0 Å². The molecule has 3 unspecified atom stereocenters. The Hall–Kier alpha value is 0. The van der Waals surface area contributed by atoms with Crippen LogP contribution in [0.5, 0.6) is 0 Å². The molecule has 1 fully saturated rings. The third-order valence-electron chi connectivity index (χ3n) is 5.10. The van der Waals surface area contributed by atoms with Crippen LogP contribution in [0.4, 0.5) is 0 Å². The van der Waals surface area contributed by atoms with Crippen molar-refractivity contribution < 1.29 is 0 Å². The molecule has 0 heteroatoms. The quantitative estimate of drug-likeness (QED) is 0.409. The Bertz CT molecular complexity index is 206. The first-order chi connectivity index (χ1) is 9.15. The van der Waals surface area contributed by atoms with Gasteiger partial charge < -0.3 is 0 Å². The van der Waals surface area contributed by atoms with Crippen molar-refractivity contribution in [3.8, 4) is 0 Å². The maximum Gasteiger partial charge on any atom is -0.0350 e. The van der Waals surface area contributed by atoms with E-state index in [2.05, 4.69) is 34.1 Å². The van der Waals surface area contributed by atoms with Gasteiger partial charge in [-0.25, -0.2) is 0 Å². The molecule has 113 valence electrons. The highest BCUT2D eigenvalue weighted by Crippen LogP contribution is 2.40. The molecule has 0 aromatic heterocycles. The standard InChI is InChI=1S/C19H37/c1-5-6-7-8-9-10-11-12-18-15-17(4)13-14-19(18)16(2)3/h12,16-19H,5-11,13-15H2,1-4H3. The summed E-state index contributed by atoms with van der Waals surface area (Å²) in [6.45, 7) is 9.59. The van der Waals surface area contributed by atoms with E-state index < -0.39 is 0 Å². The molecule has 19 heavy (non-hydrogen) atoms. The average Bonchev–Trinajstić information content (AvgIpc) is 2.37. The number of hydrogen-bond acceptors (Lipinski definition) is 0. The fourth-order valence-electron chi connectivity index (χ4n) is 3.80. The Morgan fingerprint density at radius 1 is 1.00 bits per heavy atom. The summed E-state index contributed by atoms with van der Waals surface area (Å²) < 4.78 is 0. The second kappa shape index (κ2) is 9.83. The molecule has 0 bridgehead atoms. The summed E-state index contributed by atoms with van der Waals surface area (Å²) in [5.74, 6) is 3.72. The van der Waals surface area contributed by atoms with Gasteiger partial charge in [0.25, 0.3) is 0 Å². The van der Waals surface area contributed by atoms with Crippen molar-refractivity contribution in [2.45, 2.75) is 91.9 Å². The molecule has 0 heterocycles. The lowest BCUT2D eigenvalue weighted by atomic mass is 9.68. The molecule has 0 spiro atoms. The highest BCUT2D eigenvalue weighted by Gasteiger charge is 2.29. The topological polar surface area (TPSA) is 0 Å². The van der Waals surface area contributed by atoms with E-state index in [1.54, 1.807) is 0 Å². The molecule has 3 atom stereocenters. The van der Waals surface area contributed by atoms with E-state index in [0.29, 0.717) is 0 Å². The van der Waals surface area contributed by atoms with Crippen LogP contribution >= 0.6 is 0 Å². The first-order valence-electron chi connectivity index (χ1n) is 8.98. The van der Waals surface area contributed by atoms with Crippen molar-refractivity contribution >= 4 is 0 Å². The van der Waals surface area contributed by atoms with Crippen LogP contribution in [-0.4, -0.2) is 0 Å². The van der Waals surface area contributed by atoms with E-state index in [1.165, 1.54) is 64.2 Å². The van der Waals surface area contributed by atoms with Crippen molar-refractivity contribution in [1.82, 2.24) is 0 Å². The van der Waals surface area contributed by atoms with Crippen LogP contribution in [0, 0.1) is 30.1 Å². The Morgan fingerprint density at radius 2 is 1.68 bits per heavy atom. The van der Waals surface area contributed by atoms with Gasteiger partial charge in [0, 0.05) is 0 Å². The zero-order chi connectivity index (χ0) is 14.1. The molecular formula is C19H37. The molecule has 0 aliphatic heterocycles. The van der Waals surface area contributed by atoms with E-state index >= 15 is 0 Å². The molecular weight excluding hydrogens is 228 g/mol. The summed E-state index contributed by atoms with van der Waals surface area (Å²) in [5.41, 5.74) is 0. The summed E-state index contributed by atoms with van der Waals surface area (Å²) in [4.78, 5) is 0. The summed E-state index contributed by atoms with van der Waals surface area (Å²) >= 11 is 0. The Morgan fingerprint density at radius 3 is 2.37 bits per heavy atom. The summed E-state index contributed by atoms with van der Waals surface area (Å²) in [6.07, 6.45) is 17.0. The van der Waals surface area contributed by atoms with E-state index in [-0.39, 0.29) is 0 Å². The second-order valence-corrected chi connectivity index (χ2v) is 7.28. The molecule has 1 saturated carbocycles. The normalized spacial score (nSPS) is 27.9. The van der Waals surface area contributed by atoms with Crippen LogP contribution in [0.15, 0.2) is 0 Å². The summed E-state index contributed by atoms with van der Waals surface area (Å²) in [7, 11) is 0. The van der Waals surface area contributed by atoms with Gasteiger partial charge in [-0.05, 0) is 49.4 Å². The summed E-state index contributed by atoms with van der Waals surface area (Å²) in [5, 5.41) is 0. The lowest BCUT2D eigenvalue weighted by Gasteiger charge is -2.37. The van der Waals surface area contributed by atoms with Gasteiger partial charge in [0.05, 0.1) is 0 Å². The first-order valence-corrected chi connectivity index (χ1v) is 8.98. The maximum absolute atomic E-state index is 2.69. The van der Waals surface area contributed by atoms with Crippen LogP contribution in [0.1, 0.15) is 91.9 Å². The van der Waals surface area contributed by atoms with Gasteiger partial charge in [-0.15, -0.1) is 0 Å². The number of unbranched alkanes of at least 4 members (excludes halogenated alkanes) is 6. The van der Waals surface area contributed by atoms with Gasteiger partial charge in [-0.1, -0.05) is 72.6 Å². The van der Waals surface area contributed by atoms with Gasteiger partial charge in [-0.2, -0.15) is 0 Å². The third-order valence-corrected chi connectivity index (χ3v) is 5.10. The molecule has 0 aromatic carbocycles. The maximum atomic E-state index is 2.69. The first kappa shape index (κ1) is 17.1. The predicted octanol–water partition coefficient (Wildman–Crippen LogP) is 6.65. The fraction of sp³-hybridized carbons (Fsp3) is 0.947. The molecule has 1 radical (unpaired) electrons. The summed E-state index contributed by atoms with van der Waals surface area (Å²) in [6, 6.07) is 0. The monoisotopic (exact) mass is 265 g/mol. The highest BCUT2D eigenvalue weighted by molar-refractivity contribution is 4.88. The molecule has 1 aliphatic rings. The number of rotatable bonds is 9. The van der Waals surface area contributed by atoms with E-state index in [9.17, 15) is 0 Å². The Balaban J connectivity index is 2.14. The highest BCUT2D eigenvalue weighted by atomic mass is 14.3. The molecule has 0 saturated heterocycles. The van der Waals surface area contributed by atoms with E-state index in [1.807, 2.05) is 0 Å². The van der Waals surface area contributed by atoms with Crippen molar-refractivity contribution in [2.75, 3.05) is 0 Å².